The highest BCUT2D eigenvalue weighted by Crippen LogP contribution is 2.60. The van der Waals surface area contributed by atoms with Crippen LogP contribution >= 0.6 is 0 Å². The fourth-order valence-corrected chi connectivity index (χ4v) is 5.48. The Hall–Kier alpha value is -0.780. The second-order valence-electron chi connectivity index (χ2n) is 7.00. The van der Waals surface area contributed by atoms with Crippen LogP contribution in [0.4, 0.5) is 0 Å². The van der Waals surface area contributed by atoms with E-state index in [1.807, 2.05) is 0 Å². The molecule has 0 unspecified atom stereocenters. The molecule has 0 N–H and O–H groups in total. The smallest absolute Gasteiger partial charge is 0.0184 e. The lowest BCUT2D eigenvalue weighted by Gasteiger charge is -2.57. The van der Waals surface area contributed by atoms with Crippen molar-refractivity contribution in [1.29, 1.82) is 0 Å². The van der Waals surface area contributed by atoms with Gasteiger partial charge in [0.2, 0.25) is 0 Å². The molecular weight excluding hydrogens is 204 g/mol. The molecule has 89 valence electrons. The first-order valence-electron chi connectivity index (χ1n) is 7.26. The summed E-state index contributed by atoms with van der Waals surface area (Å²) >= 11 is 0. The molecule has 4 saturated carbocycles. The molecule has 0 spiro atoms. The van der Waals surface area contributed by atoms with Crippen molar-refractivity contribution >= 4 is 0 Å². The van der Waals surface area contributed by atoms with E-state index < -0.39 is 0 Å². The van der Waals surface area contributed by atoms with Gasteiger partial charge in [-0.3, -0.25) is 0 Å². The van der Waals surface area contributed by atoms with Gasteiger partial charge in [0.1, 0.15) is 0 Å². The van der Waals surface area contributed by atoms with E-state index in [2.05, 4.69) is 30.3 Å². The molecule has 5 rings (SSSR count). The summed E-state index contributed by atoms with van der Waals surface area (Å²) in [5, 5.41) is 0. The van der Waals surface area contributed by atoms with Crippen LogP contribution in [0.15, 0.2) is 24.3 Å². The number of hydrogen-bond acceptors (Lipinski definition) is 0. The Bertz CT molecular complexity index is 368. The van der Waals surface area contributed by atoms with Gasteiger partial charge in [-0.2, -0.15) is 0 Å². The minimum absolute atomic E-state index is 0.691. The van der Waals surface area contributed by atoms with Crippen molar-refractivity contribution in [1.82, 2.24) is 0 Å². The first-order valence-corrected chi connectivity index (χ1v) is 7.26. The molecule has 1 aromatic carbocycles. The predicted octanol–water partition coefficient (Wildman–Crippen LogP) is 4.25. The highest BCUT2D eigenvalue weighted by atomic mass is 14.5. The van der Waals surface area contributed by atoms with E-state index in [1.165, 1.54) is 25.7 Å². The van der Waals surface area contributed by atoms with Crippen LogP contribution in [0.25, 0.3) is 0 Å². The van der Waals surface area contributed by atoms with E-state index in [-0.39, 0.29) is 0 Å². The summed E-state index contributed by atoms with van der Waals surface area (Å²) in [5.41, 5.74) is 2.24. The summed E-state index contributed by atoms with van der Waals surface area (Å²) in [5.74, 6) is 3.24. The number of rotatable bonds is 2. The quantitative estimate of drug-likeness (QED) is 0.706. The standard InChI is InChI=1S/C17H21/c1-2-4-13(5-3-1)9-17-10-14-6-15(11-17)8-16(7-14)12-17/h2-5,14-16H,6-12H2. The Morgan fingerprint density at radius 3 is 2.00 bits per heavy atom. The van der Waals surface area contributed by atoms with Gasteiger partial charge in [0.15, 0.2) is 0 Å². The topological polar surface area (TPSA) is 0 Å². The maximum absolute atomic E-state index is 3.14. The van der Waals surface area contributed by atoms with Crippen LogP contribution in [0.5, 0.6) is 0 Å². The Balaban J connectivity index is 1.61. The fraction of sp³-hybridized carbons (Fsp3) is 0.647. The van der Waals surface area contributed by atoms with Crippen LogP contribution in [-0.4, -0.2) is 0 Å². The number of benzene rings is 1. The average molecular weight is 225 g/mol. The van der Waals surface area contributed by atoms with Gasteiger partial charge in [0, 0.05) is 0 Å². The minimum atomic E-state index is 0.691. The first-order chi connectivity index (χ1) is 8.31. The largest absolute Gasteiger partial charge is 0.0584 e. The molecular formula is C17H21. The molecule has 0 amide bonds. The maximum Gasteiger partial charge on any atom is -0.0184 e. The van der Waals surface area contributed by atoms with Crippen LogP contribution in [0.3, 0.4) is 0 Å². The van der Waals surface area contributed by atoms with E-state index >= 15 is 0 Å². The van der Waals surface area contributed by atoms with Crippen molar-refractivity contribution in [3.8, 4) is 0 Å². The number of hydrogen-bond donors (Lipinski definition) is 0. The molecule has 4 aliphatic rings. The average Bonchev–Trinajstić information content (AvgIpc) is 2.27. The van der Waals surface area contributed by atoms with Gasteiger partial charge in [0.05, 0.1) is 0 Å². The molecule has 0 heteroatoms. The third-order valence-electron chi connectivity index (χ3n) is 5.53. The molecule has 17 heavy (non-hydrogen) atoms. The lowest BCUT2D eigenvalue weighted by atomic mass is 9.48. The Kier molecular flexibility index (Phi) is 2.16. The molecule has 0 aromatic heterocycles. The normalized spacial score (nSPS) is 42.9. The monoisotopic (exact) mass is 225 g/mol. The van der Waals surface area contributed by atoms with Crippen molar-refractivity contribution in [2.24, 2.45) is 23.2 Å². The van der Waals surface area contributed by atoms with Gasteiger partial charge in [-0.1, -0.05) is 24.3 Å². The molecule has 4 aliphatic carbocycles. The van der Waals surface area contributed by atoms with Gasteiger partial charge < -0.3 is 0 Å². The van der Waals surface area contributed by atoms with E-state index in [0.717, 1.165) is 17.8 Å². The third kappa shape index (κ3) is 1.73. The van der Waals surface area contributed by atoms with Crippen LogP contribution in [0.1, 0.15) is 44.1 Å². The molecule has 4 fully saturated rings. The van der Waals surface area contributed by atoms with Gasteiger partial charge in [-0.25, -0.2) is 0 Å². The Labute approximate surface area is 104 Å². The summed E-state index contributed by atoms with van der Waals surface area (Å²) in [4.78, 5) is 0. The van der Waals surface area contributed by atoms with E-state index in [1.54, 1.807) is 24.8 Å². The second kappa shape index (κ2) is 3.60. The molecule has 4 bridgehead atoms. The molecule has 1 aromatic rings. The van der Waals surface area contributed by atoms with E-state index in [0.29, 0.717) is 5.41 Å². The van der Waals surface area contributed by atoms with Gasteiger partial charge in [-0.05, 0) is 79.7 Å². The zero-order valence-electron chi connectivity index (χ0n) is 10.5. The summed E-state index contributed by atoms with van der Waals surface area (Å²) in [6.07, 6.45) is 10.6. The van der Waals surface area contributed by atoms with Crippen LogP contribution in [0.2, 0.25) is 0 Å². The van der Waals surface area contributed by atoms with Crippen molar-refractivity contribution in [3.63, 3.8) is 0 Å². The van der Waals surface area contributed by atoms with Crippen LogP contribution < -0.4 is 0 Å². The molecule has 0 nitrogen and oxygen atoms in total. The van der Waals surface area contributed by atoms with Gasteiger partial charge >= 0.3 is 0 Å². The lowest BCUT2D eigenvalue weighted by molar-refractivity contribution is -0.0521. The summed E-state index contributed by atoms with van der Waals surface area (Å²) < 4.78 is 0. The predicted molar refractivity (Wildman–Crippen MR) is 69.6 cm³/mol. The second-order valence-corrected chi connectivity index (χ2v) is 7.00. The molecule has 0 saturated heterocycles. The third-order valence-corrected chi connectivity index (χ3v) is 5.53. The highest BCUT2D eigenvalue weighted by molar-refractivity contribution is 5.17. The van der Waals surface area contributed by atoms with Crippen molar-refractivity contribution in [3.05, 3.63) is 35.9 Å². The van der Waals surface area contributed by atoms with Crippen LogP contribution in [-0.2, 0) is 6.42 Å². The van der Waals surface area contributed by atoms with E-state index in [4.69, 9.17) is 0 Å². The minimum Gasteiger partial charge on any atom is -0.0584 e. The Morgan fingerprint density at radius 1 is 0.941 bits per heavy atom. The molecule has 1 radical (unpaired) electrons. The fourth-order valence-electron chi connectivity index (χ4n) is 5.48. The molecule has 0 aliphatic heterocycles. The summed E-state index contributed by atoms with van der Waals surface area (Å²) in [6.45, 7) is 0. The summed E-state index contributed by atoms with van der Waals surface area (Å²) in [6, 6.07) is 11.9. The van der Waals surface area contributed by atoms with E-state index in [9.17, 15) is 0 Å². The molecule has 0 heterocycles. The lowest BCUT2D eigenvalue weighted by Crippen LogP contribution is -2.47. The van der Waals surface area contributed by atoms with Gasteiger partial charge in [0.25, 0.3) is 0 Å². The molecule has 0 atom stereocenters. The highest BCUT2D eigenvalue weighted by Gasteiger charge is 2.50. The van der Waals surface area contributed by atoms with Crippen molar-refractivity contribution in [2.75, 3.05) is 0 Å². The van der Waals surface area contributed by atoms with Crippen molar-refractivity contribution < 1.29 is 0 Å². The zero-order chi connectivity index (χ0) is 11.3. The van der Waals surface area contributed by atoms with Crippen LogP contribution in [0, 0.1) is 29.2 Å². The van der Waals surface area contributed by atoms with Gasteiger partial charge in [-0.15, -0.1) is 0 Å². The Morgan fingerprint density at radius 2 is 1.47 bits per heavy atom. The first kappa shape index (κ1) is 10.2. The summed E-state index contributed by atoms with van der Waals surface area (Å²) in [7, 11) is 0. The zero-order valence-corrected chi connectivity index (χ0v) is 10.5. The van der Waals surface area contributed by atoms with Crippen molar-refractivity contribution in [2.45, 2.75) is 44.9 Å². The maximum atomic E-state index is 3.14. The SMILES string of the molecule is [c]1ccc(CC23CC4CC(CC(C4)C2)C3)cc1.